The van der Waals surface area contributed by atoms with Crippen LogP contribution in [0.15, 0.2) is 60.2 Å². The van der Waals surface area contributed by atoms with Crippen molar-refractivity contribution in [2.75, 3.05) is 13.2 Å². The summed E-state index contributed by atoms with van der Waals surface area (Å²) >= 11 is 5.36. The summed E-state index contributed by atoms with van der Waals surface area (Å²) in [5, 5.41) is 15.3. The number of aliphatic carboxylic acids is 1. The van der Waals surface area contributed by atoms with Crippen LogP contribution < -0.4 is 15.4 Å². The molecule has 1 aliphatic rings. The summed E-state index contributed by atoms with van der Waals surface area (Å²) in [6.45, 7) is 1.56. The first-order valence-electron chi connectivity index (χ1n) is 8.98. The van der Waals surface area contributed by atoms with E-state index in [4.69, 9.17) is 26.8 Å². The predicted octanol–water partition coefficient (Wildman–Crippen LogP) is 2.64. The van der Waals surface area contributed by atoms with Gasteiger partial charge in [-0.25, -0.2) is 9.59 Å². The van der Waals surface area contributed by atoms with E-state index < -0.39 is 24.6 Å². The number of hydrogen-bond acceptors (Lipinski definition) is 5. The summed E-state index contributed by atoms with van der Waals surface area (Å²) in [6, 6.07) is 15.7. The summed E-state index contributed by atoms with van der Waals surface area (Å²) in [5.74, 6) is -1.10. The monoisotopic (exact) mass is 412 g/mol. The maximum Gasteiger partial charge on any atom is 0.341 e. The molecule has 3 N–H and O–H groups in total. The molecular formula is C21H20N2O5S. The molecule has 1 atom stereocenters. The number of carbonyl (C=O) groups excluding carboxylic acids is 1. The van der Waals surface area contributed by atoms with Crippen LogP contribution in [-0.4, -0.2) is 35.4 Å². The van der Waals surface area contributed by atoms with Gasteiger partial charge in [0.05, 0.1) is 23.9 Å². The van der Waals surface area contributed by atoms with Gasteiger partial charge in [-0.1, -0.05) is 42.5 Å². The van der Waals surface area contributed by atoms with Crippen molar-refractivity contribution in [3.05, 3.63) is 71.3 Å². The van der Waals surface area contributed by atoms with E-state index in [-0.39, 0.29) is 6.61 Å². The Balaban J connectivity index is 2.02. The van der Waals surface area contributed by atoms with Gasteiger partial charge in [0.15, 0.2) is 11.7 Å². The number of carbonyl (C=O) groups is 2. The number of carboxylic acids is 1. The maximum atomic E-state index is 12.8. The molecule has 0 saturated heterocycles. The third kappa shape index (κ3) is 4.91. The van der Waals surface area contributed by atoms with E-state index in [1.165, 1.54) is 0 Å². The second-order valence-electron chi connectivity index (χ2n) is 6.16. The zero-order valence-electron chi connectivity index (χ0n) is 15.7. The first-order valence-corrected chi connectivity index (χ1v) is 9.39. The number of thiocarbonyl (C=S) groups is 1. The molecular weight excluding hydrogens is 392 g/mol. The highest BCUT2D eigenvalue weighted by molar-refractivity contribution is 7.80. The van der Waals surface area contributed by atoms with Crippen LogP contribution in [0.3, 0.4) is 0 Å². The highest BCUT2D eigenvalue weighted by Gasteiger charge is 2.33. The Labute approximate surface area is 173 Å². The maximum absolute atomic E-state index is 12.8. The molecule has 0 fully saturated rings. The van der Waals surface area contributed by atoms with Gasteiger partial charge >= 0.3 is 11.9 Å². The number of ether oxygens (including phenoxy) is 2. The molecule has 0 aliphatic carbocycles. The average molecular weight is 412 g/mol. The van der Waals surface area contributed by atoms with E-state index in [1.807, 2.05) is 30.3 Å². The number of carboxylic acid groups (broad SMARTS) is 1. The van der Waals surface area contributed by atoms with Gasteiger partial charge in [0.2, 0.25) is 0 Å². The van der Waals surface area contributed by atoms with Crippen LogP contribution in [0, 0.1) is 0 Å². The molecule has 29 heavy (non-hydrogen) atoms. The summed E-state index contributed by atoms with van der Waals surface area (Å²) in [7, 11) is 0. The lowest BCUT2D eigenvalue weighted by Crippen LogP contribution is -2.45. The van der Waals surface area contributed by atoms with E-state index in [0.29, 0.717) is 22.1 Å². The van der Waals surface area contributed by atoms with E-state index in [0.717, 1.165) is 11.1 Å². The van der Waals surface area contributed by atoms with Crippen LogP contribution in [0.25, 0.3) is 5.70 Å². The first-order chi connectivity index (χ1) is 14.0. The van der Waals surface area contributed by atoms with Crippen molar-refractivity contribution in [2.45, 2.75) is 13.0 Å². The van der Waals surface area contributed by atoms with Crippen molar-refractivity contribution < 1.29 is 24.2 Å². The van der Waals surface area contributed by atoms with E-state index >= 15 is 0 Å². The topological polar surface area (TPSA) is 96.9 Å². The lowest BCUT2D eigenvalue weighted by molar-refractivity contribution is -0.140. The van der Waals surface area contributed by atoms with Crippen LogP contribution >= 0.6 is 12.2 Å². The number of rotatable bonds is 7. The largest absolute Gasteiger partial charge is 0.482 e. The standard InChI is InChI=1S/C21H20N2O5S/c1-2-27-20(26)17-18(13-6-4-3-5-7-13)22-21(29)23-19(17)14-8-10-15(11-9-14)28-12-16(24)25/h3-11,19H,2,12H2,1H3,(H,24,25)(H2,22,23,29)/t19-/m1/s1. The highest BCUT2D eigenvalue weighted by atomic mass is 32.1. The fourth-order valence-corrected chi connectivity index (χ4v) is 3.20. The molecule has 3 rings (SSSR count). The van der Waals surface area contributed by atoms with Gasteiger partial charge in [-0.2, -0.15) is 0 Å². The van der Waals surface area contributed by atoms with E-state index in [2.05, 4.69) is 10.6 Å². The Kier molecular flexibility index (Phi) is 6.46. The summed E-state index contributed by atoms with van der Waals surface area (Å²) in [4.78, 5) is 23.5. The minimum absolute atomic E-state index is 0.240. The van der Waals surface area contributed by atoms with Gasteiger partial charge in [0.25, 0.3) is 0 Å². The second kappa shape index (κ2) is 9.20. The molecule has 0 spiro atoms. The molecule has 2 aromatic rings. The molecule has 0 bridgehead atoms. The molecule has 1 heterocycles. The van der Waals surface area contributed by atoms with Gasteiger partial charge < -0.3 is 25.2 Å². The molecule has 1 aliphatic heterocycles. The second-order valence-corrected chi connectivity index (χ2v) is 6.57. The zero-order chi connectivity index (χ0) is 20.8. The first kappa shape index (κ1) is 20.3. The highest BCUT2D eigenvalue weighted by Crippen LogP contribution is 2.32. The van der Waals surface area contributed by atoms with Crippen molar-refractivity contribution in [1.82, 2.24) is 10.6 Å². The van der Waals surface area contributed by atoms with Gasteiger partial charge in [-0.15, -0.1) is 0 Å². The quantitative estimate of drug-likeness (QED) is 0.472. The molecule has 8 heteroatoms. The van der Waals surface area contributed by atoms with Gasteiger partial charge in [0.1, 0.15) is 5.75 Å². The molecule has 0 unspecified atom stereocenters. The third-order valence-corrected chi connectivity index (χ3v) is 4.43. The lowest BCUT2D eigenvalue weighted by Gasteiger charge is -2.31. The molecule has 0 radical (unpaired) electrons. The fourth-order valence-electron chi connectivity index (χ4n) is 2.98. The minimum atomic E-state index is -1.06. The molecule has 2 aromatic carbocycles. The molecule has 0 amide bonds. The van der Waals surface area contributed by atoms with Crippen molar-refractivity contribution in [3.8, 4) is 5.75 Å². The third-order valence-electron chi connectivity index (χ3n) is 4.21. The van der Waals surface area contributed by atoms with E-state index in [1.54, 1.807) is 31.2 Å². The van der Waals surface area contributed by atoms with Crippen molar-refractivity contribution >= 4 is 35.0 Å². The Morgan fingerprint density at radius 2 is 1.79 bits per heavy atom. The van der Waals surface area contributed by atoms with Crippen molar-refractivity contribution in [1.29, 1.82) is 0 Å². The number of benzene rings is 2. The minimum Gasteiger partial charge on any atom is -0.482 e. The zero-order valence-corrected chi connectivity index (χ0v) is 16.5. The predicted molar refractivity (Wildman–Crippen MR) is 111 cm³/mol. The van der Waals surface area contributed by atoms with Crippen LogP contribution in [-0.2, 0) is 14.3 Å². The van der Waals surface area contributed by atoms with Crippen LogP contribution in [0.2, 0.25) is 0 Å². The van der Waals surface area contributed by atoms with Crippen molar-refractivity contribution in [2.24, 2.45) is 0 Å². The van der Waals surface area contributed by atoms with Gasteiger partial charge in [0, 0.05) is 0 Å². The fraction of sp³-hybridized carbons (Fsp3) is 0.190. The SMILES string of the molecule is CCOC(=O)C1=C(c2ccccc2)NC(=S)N[C@@H]1c1ccc(OCC(=O)O)cc1. The van der Waals surface area contributed by atoms with Crippen LogP contribution in [0.5, 0.6) is 5.75 Å². The molecule has 150 valence electrons. The number of esters is 1. The normalized spacial score (nSPS) is 15.9. The molecule has 0 aromatic heterocycles. The van der Waals surface area contributed by atoms with Crippen LogP contribution in [0.1, 0.15) is 24.1 Å². The Bertz CT molecular complexity index is 941. The molecule has 7 nitrogen and oxygen atoms in total. The van der Waals surface area contributed by atoms with Gasteiger partial charge in [-0.05, 0) is 42.4 Å². The lowest BCUT2D eigenvalue weighted by atomic mass is 9.93. The number of hydrogen-bond donors (Lipinski definition) is 3. The van der Waals surface area contributed by atoms with Crippen LogP contribution in [0.4, 0.5) is 0 Å². The number of nitrogens with one attached hydrogen (secondary N) is 2. The van der Waals surface area contributed by atoms with E-state index in [9.17, 15) is 9.59 Å². The average Bonchev–Trinajstić information content (AvgIpc) is 2.72. The Hall–Kier alpha value is -3.39. The summed E-state index contributed by atoms with van der Waals surface area (Å²) < 4.78 is 10.5. The summed E-state index contributed by atoms with van der Waals surface area (Å²) in [6.07, 6.45) is 0. The Morgan fingerprint density at radius 1 is 1.10 bits per heavy atom. The van der Waals surface area contributed by atoms with Crippen molar-refractivity contribution in [3.63, 3.8) is 0 Å². The smallest absolute Gasteiger partial charge is 0.341 e. The van der Waals surface area contributed by atoms with Gasteiger partial charge in [-0.3, -0.25) is 0 Å². The molecule has 0 saturated carbocycles. The Morgan fingerprint density at radius 3 is 2.41 bits per heavy atom. The summed E-state index contributed by atoms with van der Waals surface area (Å²) in [5.41, 5.74) is 2.56.